The number of aliphatic hydroxyl groups excluding tert-OH is 3. The van der Waals surface area contributed by atoms with E-state index in [1.54, 1.807) is 17.6 Å². The summed E-state index contributed by atoms with van der Waals surface area (Å²) in [5.41, 5.74) is 3.25. The normalized spacial score (nSPS) is 24.6. The third-order valence-electron chi connectivity index (χ3n) is 6.26. The Kier molecular flexibility index (Phi) is 9.91. The zero-order valence-corrected chi connectivity index (χ0v) is 17.7. The Labute approximate surface area is 178 Å². The van der Waals surface area contributed by atoms with Crippen LogP contribution in [-0.4, -0.2) is 44.4 Å². The average molecular weight is 422 g/mol. The number of rotatable bonds is 12. The van der Waals surface area contributed by atoms with Gasteiger partial charge in [0.15, 0.2) is 5.78 Å². The maximum atomic E-state index is 12.4. The second-order valence-corrected chi connectivity index (χ2v) is 8.50. The number of hydrogen-bond donors (Lipinski definition) is 5. The zero-order valence-electron chi connectivity index (χ0n) is 17.7. The molecule has 7 heteroatoms. The average Bonchev–Trinajstić information content (AvgIpc) is 3.00. The summed E-state index contributed by atoms with van der Waals surface area (Å²) in [5, 5.41) is 39.5. The number of carbonyl (C=O) groups is 2. The van der Waals surface area contributed by atoms with E-state index < -0.39 is 18.3 Å². The Morgan fingerprint density at radius 2 is 1.57 bits per heavy atom. The molecule has 0 radical (unpaired) electrons. The van der Waals surface area contributed by atoms with E-state index in [4.69, 9.17) is 5.21 Å². The Morgan fingerprint density at radius 1 is 0.967 bits per heavy atom. The zero-order chi connectivity index (χ0) is 22.1. The molecule has 1 aromatic carbocycles. The lowest BCUT2D eigenvalue weighted by molar-refractivity contribution is -0.129. The molecule has 1 fully saturated rings. The Balaban J connectivity index is 1.78. The van der Waals surface area contributed by atoms with E-state index in [9.17, 15) is 24.9 Å². The highest BCUT2D eigenvalue weighted by Crippen LogP contribution is 2.39. The minimum atomic E-state index is -1.16. The number of nitrogens with one attached hydrogen (secondary N) is 1. The molecule has 2 rings (SSSR count). The first kappa shape index (κ1) is 24.5. The molecule has 1 aliphatic rings. The van der Waals surface area contributed by atoms with Crippen LogP contribution in [0, 0.1) is 18.8 Å². The fraction of sp³-hybridized carbons (Fsp3) is 0.652. The number of unbranched alkanes of at least 4 members (excludes halogenated alkanes) is 3. The summed E-state index contributed by atoms with van der Waals surface area (Å²) in [6.45, 7) is 1.94. The van der Waals surface area contributed by atoms with Gasteiger partial charge in [0.1, 0.15) is 6.10 Å². The number of aliphatic hydroxyl groups is 3. The Bertz CT molecular complexity index is 677. The third kappa shape index (κ3) is 7.16. The summed E-state index contributed by atoms with van der Waals surface area (Å²) in [4.78, 5) is 23.4. The van der Waals surface area contributed by atoms with Crippen molar-refractivity contribution in [1.82, 2.24) is 5.48 Å². The molecule has 0 spiro atoms. The number of amides is 1. The summed E-state index contributed by atoms with van der Waals surface area (Å²) >= 11 is 0. The van der Waals surface area contributed by atoms with E-state index in [1.165, 1.54) is 0 Å². The number of hydrogen-bond acceptors (Lipinski definition) is 6. The first-order valence-corrected chi connectivity index (χ1v) is 10.9. The van der Waals surface area contributed by atoms with E-state index in [1.807, 2.05) is 19.1 Å². The highest BCUT2D eigenvalue weighted by Gasteiger charge is 2.41. The van der Waals surface area contributed by atoms with Crippen molar-refractivity contribution in [2.24, 2.45) is 11.8 Å². The molecule has 7 nitrogen and oxygen atoms in total. The van der Waals surface area contributed by atoms with Crippen LogP contribution in [0.3, 0.4) is 0 Å². The van der Waals surface area contributed by atoms with Crippen molar-refractivity contribution >= 4 is 11.7 Å². The van der Waals surface area contributed by atoms with Gasteiger partial charge in [0.2, 0.25) is 5.91 Å². The number of aryl methyl sites for hydroxylation is 1. The summed E-state index contributed by atoms with van der Waals surface area (Å²) in [6, 6.07) is 7.21. The maximum absolute atomic E-state index is 12.4. The number of Topliss-reactive ketones (excluding diaryl/α,β-unsaturated/α-hetero) is 1. The van der Waals surface area contributed by atoms with Gasteiger partial charge in [-0.15, -0.1) is 0 Å². The number of hydroxylamine groups is 1. The number of ketones is 1. The molecule has 5 atom stereocenters. The molecule has 0 heterocycles. The summed E-state index contributed by atoms with van der Waals surface area (Å²) < 4.78 is 0. The van der Waals surface area contributed by atoms with Gasteiger partial charge in [-0.05, 0) is 50.0 Å². The van der Waals surface area contributed by atoms with Crippen molar-refractivity contribution < 1.29 is 30.1 Å². The van der Waals surface area contributed by atoms with Crippen LogP contribution in [0.2, 0.25) is 0 Å². The monoisotopic (exact) mass is 421 g/mol. The molecular weight excluding hydrogens is 386 g/mol. The van der Waals surface area contributed by atoms with Crippen LogP contribution < -0.4 is 5.48 Å². The Hall–Kier alpha value is -1.80. The molecule has 0 bridgehead atoms. The second-order valence-electron chi connectivity index (χ2n) is 8.50. The number of benzene rings is 1. The summed E-state index contributed by atoms with van der Waals surface area (Å²) in [7, 11) is 0. The second kappa shape index (κ2) is 12.2. The standard InChI is InChI=1S/C23H35NO6/c1-15-8-10-16(11-9-15)23(29)19(25)13-12-18-17(20(26)14-21(18)27)6-4-2-3-5-7-22(28)24-30/h8-11,17-18,20-21,23,26-27,29-30H,2-7,12-14H2,1H3,(H,24,28)/t17-,18-,20+,21-,23?/m1/s1. The fourth-order valence-electron chi connectivity index (χ4n) is 4.44. The molecule has 0 aliphatic heterocycles. The van der Waals surface area contributed by atoms with Crippen LogP contribution in [0.1, 0.15) is 75.0 Å². The van der Waals surface area contributed by atoms with Crippen molar-refractivity contribution in [3.05, 3.63) is 35.4 Å². The fourth-order valence-corrected chi connectivity index (χ4v) is 4.44. The topological polar surface area (TPSA) is 127 Å². The molecule has 1 unspecified atom stereocenters. The van der Waals surface area contributed by atoms with E-state index in [-0.39, 0.29) is 36.4 Å². The molecule has 30 heavy (non-hydrogen) atoms. The van der Waals surface area contributed by atoms with E-state index in [0.717, 1.165) is 31.2 Å². The van der Waals surface area contributed by atoms with Crippen LogP contribution in [-0.2, 0) is 9.59 Å². The van der Waals surface area contributed by atoms with Crippen molar-refractivity contribution in [2.45, 2.75) is 83.0 Å². The van der Waals surface area contributed by atoms with Gasteiger partial charge in [0, 0.05) is 12.8 Å². The van der Waals surface area contributed by atoms with E-state index in [2.05, 4.69) is 0 Å². The molecule has 168 valence electrons. The molecule has 0 saturated heterocycles. The smallest absolute Gasteiger partial charge is 0.243 e. The van der Waals surface area contributed by atoms with Crippen LogP contribution >= 0.6 is 0 Å². The lowest BCUT2D eigenvalue weighted by Gasteiger charge is -2.24. The van der Waals surface area contributed by atoms with Crippen molar-refractivity contribution in [1.29, 1.82) is 0 Å². The quantitative estimate of drug-likeness (QED) is 0.201. The lowest BCUT2D eigenvalue weighted by atomic mass is 9.84. The van der Waals surface area contributed by atoms with Gasteiger partial charge in [-0.25, -0.2) is 5.48 Å². The van der Waals surface area contributed by atoms with Crippen LogP contribution in [0.4, 0.5) is 0 Å². The molecule has 0 aromatic heterocycles. The third-order valence-corrected chi connectivity index (χ3v) is 6.26. The first-order valence-electron chi connectivity index (χ1n) is 10.9. The lowest BCUT2D eigenvalue weighted by Crippen LogP contribution is -2.24. The largest absolute Gasteiger partial charge is 0.393 e. The molecule has 5 N–H and O–H groups in total. The van der Waals surface area contributed by atoms with Gasteiger partial charge < -0.3 is 15.3 Å². The minimum Gasteiger partial charge on any atom is -0.393 e. The van der Waals surface area contributed by atoms with E-state index in [0.29, 0.717) is 24.8 Å². The molecule has 1 amide bonds. The highest BCUT2D eigenvalue weighted by atomic mass is 16.5. The predicted molar refractivity (Wildman–Crippen MR) is 112 cm³/mol. The van der Waals surface area contributed by atoms with Crippen LogP contribution in [0.5, 0.6) is 0 Å². The molecule has 1 aliphatic carbocycles. The first-order chi connectivity index (χ1) is 14.3. The van der Waals surface area contributed by atoms with Gasteiger partial charge in [-0.1, -0.05) is 49.1 Å². The SMILES string of the molecule is Cc1ccc(C(O)C(=O)CC[C@@H]2[C@@H](CCCCCCC(=O)NO)[C@@H](O)C[C@H]2O)cc1. The highest BCUT2D eigenvalue weighted by molar-refractivity contribution is 5.84. The van der Waals surface area contributed by atoms with Crippen molar-refractivity contribution in [2.75, 3.05) is 0 Å². The molecule has 1 aromatic rings. The molecular formula is C23H35NO6. The van der Waals surface area contributed by atoms with Crippen molar-refractivity contribution in [3.8, 4) is 0 Å². The Morgan fingerprint density at radius 3 is 2.20 bits per heavy atom. The number of carbonyl (C=O) groups excluding carboxylic acids is 2. The van der Waals surface area contributed by atoms with Gasteiger partial charge >= 0.3 is 0 Å². The van der Waals surface area contributed by atoms with E-state index >= 15 is 0 Å². The van der Waals surface area contributed by atoms with Gasteiger partial charge in [-0.3, -0.25) is 14.8 Å². The minimum absolute atomic E-state index is 0.0648. The van der Waals surface area contributed by atoms with Crippen LogP contribution in [0.15, 0.2) is 24.3 Å². The van der Waals surface area contributed by atoms with Gasteiger partial charge in [-0.2, -0.15) is 0 Å². The summed E-state index contributed by atoms with van der Waals surface area (Å²) in [6.07, 6.45) is 2.90. The molecule has 1 saturated carbocycles. The maximum Gasteiger partial charge on any atom is 0.243 e. The predicted octanol–water partition coefficient (Wildman–Crippen LogP) is 2.58. The summed E-state index contributed by atoms with van der Waals surface area (Å²) in [5.74, 6) is -0.880. The van der Waals surface area contributed by atoms with Crippen molar-refractivity contribution in [3.63, 3.8) is 0 Å². The van der Waals surface area contributed by atoms with Gasteiger partial charge in [0.25, 0.3) is 0 Å². The van der Waals surface area contributed by atoms with Crippen LogP contribution in [0.25, 0.3) is 0 Å². The van der Waals surface area contributed by atoms with Gasteiger partial charge in [0.05, 0.1) is 12.2 Å².